The quantitative estimate of drug-likeness (QED) is 0.408. The van der Waals surface area contributed by atoms with Crippen LogP contribution in [-0.4, -0.2) is 50.7 Å². The maximum absolute atomic E-state index is 4.36. The summed E-state index contributed by atoms with van der Waals surface area (Å²) in [4.78, 5) is 3.44. The fourth-order valence-corrected chi connectivity index (χ4v) is 0.694. The summed E-state index contributed by atoms with van der Waals surface area (Å²) in [6.45, 7) is 0. The second-order valence-electron chi connectivity index (χ2n) is 2.15. The van der Waals surface area contributed by atoms with Crippen LogP contribution in [0.3, 0.4) is 0 Å². The Morgan fingerprint density at radius 1 is 0.800 bits per heavy atom. The van der Waals surface area contributed by atoms with Crippen molar-refractivity contribution in [3.63, 3.8) is 0 Å². The van der Waals surface area contributed by atoms with Crippen LogP contribution in [0.5, 0.6) is 0 Å². The van der Waals surface area contributed by atoms with E-state index in [-0.39, 0.29) is 0 Å². The fraction of sp³-hybridized carbons (Fsp3) is 0. The summed E-state index contributed by atoms with van der Waals surface area (Å²) in [6.07, 6.45) is 6.28. The summed E-state index contributed by atoms with van der Waals surface area (Å²) in [5.74, 6) is 0. The van der Waals surface area contributed by atoms with Gasteiger partial charge in [-0.1, -0.05) is 14.7 Å². The van der Waals surface area contributed by atoms with Gasteiger partial charge >= 0.3 is 0 Å². The van der Waals surface area contributed by atoms with Gasteiger partial charge in [-0.25, -0.2) is 4.98 Å². The molecule has 0 atom stereocenters. The summed E-state index contributed by atoms with van der Waals surface area (Å²) in [5.41, 5.74) is 1.57. The largest absolute Gasteiger partial charge is 0.431 e. The molecular weight excluding hydrogens is 292 g/mol. The highest BCUT2D eigenvalue weighted by atomic mass is 32.1. The van der Waals surface area contributed by atoms with E-state index in [2.05, 4.69) is 64.2 Å². The Kier molecular flexibility index (Phi) is 9.16. The monoisotopic (exact) mass is 298 g/mol. The van der Waals surface area contributed by atoms with Crippen LogP contribution < -0.4 is 0 Å². The zero-order chi connectivity index (χ0) is 14.1. The van der Waals surface area contributed by atoms with Crippen LogP contribution in [0.1, 0.15) is 0 Å². The molecule has 0 saturated heterocycles. The topological polar surface area (TPSA) is 168 Å². The third-order valence-corrected chi connectivity index (χ3v) is 1.38. The predicted molar refractivity (Wildman–Crippen MR) is 58.4 cm³/mol. The molecule has 0 N–H and O–H groups in total. The van der Waals surface area contributed by atoms with E-state index >= 15 is 0 Å². The van der Waals surface area contributed by atoms with Gasteiger partial charge in [-0.05, 0) is 10.4 Å². The van der Waals surface area contributed by atoms with E-state index in [0.29, 0.717) is 0 Å². The maximum atomic E-state index is 4.36. The molecule has 0 spiro atoms. The zero-order valence-electron chi connectivity index (χ0n) is 9.57. The van der Waals surface area contributed by atoms with Crippen molar-refractivity contribution in [3.8, 4) is 0 Å². The normalized spacial score (nSPS) is 8.00. The summed E-state index contributed by atoms with van der Waals surface area (Å²) < 4.78 is 16.1. The van der Waals surface area contributed by atoms with Gasteiger partial charge < -0.3 is 13.5 Å². The molecule has 4 aromatic heterocycles. The first-order valence-electron chi connectivity index (χ1n) is 4.53. The molecule has 0 aliphatic heterocycles. The van der Waals surface area contributed by atoms with Gasteiger partial charge in [0.25, 0.3) is 0 Å². The summed E-state index contributed by atoms with van der Waals surface area (Å²) in [7, 11) is 0. The summed E-state index contributed by atoms with van der Waals surface area (Å²) in [6, 6.07) is 0. The van der Waals surface area contributed by atoms with Crippen LogP contribution in [0.15, 0.2) is 50.9 Å². The van der Waals surface area contributed by atoms with Crippen molar-refractivity contribution in [1.29, 1.82) is 0 Å². The minimum atomic E-state index is 1.15. The van der Waals surface area contributed by atoms with E-state index in [0.717, 1.165) is 6.39 Å². The molecule has 4 rings (SSSR count). The van der Waals surface area contributed by atoms with Gasteiger partial charge in [0.2, 0.25) is 25.6 Å². The first-order chi connectivity index (χ1) is 10.0. The molecule has 0 bridgehead atoms. The lowest BCUT2D eigenvalue weighted by Crippen LogP contribution is -1.61. The molecule has 0 saturated carbocycles. The van der Waals surface area contributed by atoms with Crippen molar-refractivity contribution in [1.82, 2.24) is 50.7 Å². The molecule has 4 heterocycles. The summed E-state index contributed by atoms with van der Waals surface area (Å²) >= 11 is 1.24. The van der Waals surface area contributed by atoms with Crippen molar-refractivity contribution in [3.05, 3.63) is 37.4 Å². The molecule has 0 aliphatic carbocycles. The van der Waals surface area contributed by atoms with Crippen molar-refractivity contribution in [2.45, 2.75) is 0 Å². The first kappa shape index (κ1) is 14.9. The predicted octanol–water partition coefficient (Wildman–Crippen LogP) is -0.463. The Labute approximate surface area is 114 Å². The van der Waals surface area contributed by atoms with Crippen molar-refractivity contribution in [2.75, 3.05) is 0 Å². The van der Waals surface area contributed by atoms with E-state index in [1.54, 1.807) is 5.51 Å². The van der Waals surface area contributed by atoms with Gasteiger partial charge in [0, 0.05) is 11.5 Å². The highest BCUT2D eigenvalue weighted by Gasteiger charge is 1.63. The fourth-order valence-electron chi connectivity index (χ4n) is 0.483. The van der Waals surface area contributed by atoms with Crippen LogP contribution in [-0.2, 0) is 0 Å². The molecular formula is C6H6N10O3S. The molecule has 104 valence electrons. The van der Waals surface area contributed by atoms with Gasteiger partial charge in [-0.2, -0.15) is 0 Å². The van der Waals surface area contributed by atoms with Gasteiger partial charge in [0.1, 0.15) is 5.51 Å². The Bertz CT molecular complexity index is 364. The van der Waals surface area contributed by atoms with E-state index in [9.17, 15) is 0 Å². The number of aromatic nitrogens is 10. The van der Waals surface area contributed by atoms with Crippen LogP contribution in [0.4, 0.5) is 0 Å². The molecule has 13 nitrogen and oxygen atoms in total. The Balaban J connectivity index is 0.000000133. The lowest BCUT2D eigenvalue weighted by Gasteiger charge is -1.45. The smallest absolute Gasteiger partial charge is 0.235 e. The second-order valence-corrected chi connectivity index (χ2v) is 2.74. The highest BCUT2D eigenvalue weighted by Crippen LogP contribution is 1.72. The van der Waals surface area contributed by atoms with E-state index in [1.807, 2.05) is 0 Å². The average molecular weight is 298 g/mol. The van der Waals surface area contributed by atoms with E-state index in [1.165, 1.54) is 37.0 Å². The van der Waals surface area contributed by atoms with Crippen molar-refractivity contribution < 1.29 is 13.5 Å². The van der Waals surface area contributed by atoms with E-state index in [4.69, 9.17) is 0 Å². The molecule has 20 heavy (non-hydrogen) atoms. The molecule has 0 amide bonds. The second kappa shape index (κ2) is 12.3. The molecule has 0 unspecified atom stereocenters. The highest BCUT2D eigenvalue weighted by molar-refractivity contribution is 7.02. The summed E-state index contributed by atoms with van der Waals surface area (Å²) in [5, 5.41) is 25.7. The SMILES string of the molecule is c1ncon1.c1nnco1.c1nnno1.c1nnns1. The maximum Gasteiger partial charge on any atom is 0.235 e. The molecule has 0 radical (unpaired) electrons. The van der Waals surface area contributed by atoms with Crippen LogP contribution >= 0.6 is 11.5 Å². The Morgan fingerprint density at radius 2 is 1.70 bits per heavy atom. The minimum Gasteiger partial charge on any atom is -0.431 e. The van der Waals surface area contributed by atoms with Crippen LogP contribution in [0, 0.1) is 0 Å². The molecule has 0 aromatic carbocycles. The van der Waals surface area contributed by atoms with Gasteiger partial charge in [-0.3, -0.25) is 0 Å². The van der Waals surface area contributed by atoms with Crippen LogP contribution in [0.25, 0.3) is 0 Å². The number of rotatable bonds is 0. The third-order valence-electron chi connectivity index (χ3n) is 1.02. The van der Waals surface area contributed by atoms with E-state index < -0.39 is 0 Å². The zero-order valence-corrected chi connectivity index (χ0v) is 10.4. The standard InChI is InChI=1S/2C2H2N2O.CHN3O.CHN3S/c1-3-4-2-5-1;1-3-2-5-4-1;2*1-2-3-4-5-1/h2*1-2H;2*1H. The number of hydrogen-bond acceptors (Lipinski definition) is 14. The molecule has 14 heteroatoms. The number of hydrogen-bond donors (Lipinski definition) is 0. The molecule has 0 fully saturated rings. The Hall–Kier alpha value is -3.16. The van der Waals surface area contributed by atoms with Gasteiger partial charge in [-0.15, -0.1) is 15.3 Å². The first-order valence-corrected chi connectivity index (χ1v) is 5.37. The van der Waals surface area contributed by atoms with Crippen LogP contribution in [0.2, 0.25) is 0 Å². The average Bonchev–Trinajstić information content (AvgIpc) is 3.40. The van der Waals surface area contributed by atoms with Crippen molar-refractivity contribution in [2.24, 2.45) is 0 Å². The molecule has 4 aromatic rings. The lowest BCUT2D eigenvalue weighted by molar-refractivity contribution is 0.392. The number of nitrogens with zero attached hydrogens (tertiary/aromatic N) is 10. The Morgan fingerprint density at radius 3 is 1.90 bits per heavy atom. The van der Waals surface area contributed by atoms with Gasteiger partial charge in [0.15, 0.2) is 6.33 Å². The van der Waals surface area contributed by atoms with Crippen molar-refractivity contribution >= 4 is 11.5 Å². The van der Waals surface area contributed by atoms with Gasteiger partial charge in [0.05, 0.1) is 5.27 Å². The third kappa shape index (κ3) is 10.0. The lowest BCUT2D eigenvalue weighted by atomic mass is 11.3. The molecule has 0 aliphatic rings. The minimum absolute atomic E-state index is 1.15.